The topological polar surface area (TPSA) is 64.6 Å². The fourth-order valence-electron chi connectivity index (χ4n) is 3.58. The number of hydrogen-bond donors (Lipinski definition) is 3. The fourth-order valence-corrected chi connectivity index (χ4v) is 4.03. The standard InChI is InChI=1S/C22H25F3IN3O2/c1-3-14(4-2)27-10-22(31)11-29(12-22)21(30)15-6-7-16(23)19(25)20(15)28-18-8-5-13(26)9-17(18)24/h5-9,14,27-28,31H,3-4,10-12H2,1-2H3. The minimum Gasteiger partial charge on any atom is -0.385 e. The van der Waals surface area contributed by atoms with Gasteiger partial charge in [0.1, 0.15) is 11.4 Å². The van der Waals surface area contributed by atoms with Crippen molar-refractivity contribution in [2.24, 2.45) is 0 Å². The Kier molecular flexibility index (Phi) is 7.48. The summed E-state index contributed by atoms with van der Waals surface area (Å²) in [5.74, 6) is -3.64. The molecule has 5 nitrogen and oxygen atoms in total. The molecule has 31 heavy (non-hydrogen) atoms. The van der Waals surface area contributed by atoms with Gasteiger partial charge in [-0.25, -0.2) is 13.2 Å². The van der Waals surface area contributed by atoms with Crippen LogP contribution in [0.5, 0.6) is 0 Å². The quantitative estimate of drug-likeness (QED) is 0.429. The molecular weight excluding hydrogens is 522 g/mol. The second-order valence-electron chi connectivity index (χ2n) is 7.81. The van der Waals surface area contributed by atoms with Crippen LogP contribution in [0.15, 0.2) is 30.3 Å². The lowest BCUT2D eigenvalue weighted by atomic mass is 9.92. The molecule has 0 unspecified atom stereocenters. The normalized spacial score (nSPS) is 15.2. The highest BCUT2D eigenvalue weighted by molar-refractivity contribution is 14.1. The van der Waals surface area contributed by atoms with Gasteiger partial charge in [-0.2, -0.15) is 0 Å². The number of rotatable bonds is 8. The number of likely N-dealkylation sites (tertiary alicyclic amines) is 1. The predicted molar refractivity (Wildman–Crippen MR) is 122 cm³/mol. The SMILES string of the molecule is CCC(CC)NCC1(O)CN(C(=O)c2ccc(F)c(F)c2Nc2ccc(I)cc2F)C1. The molecule has 0 radical (unpaired) electrons. The Labute approximate surface area is 193 Å². The molecule has 1 fully saturated rings. The van der Waals surface area contributed by atoms with Gasteiger partial charge in [0.15, 0.2) is 11.6 Å². The number of benzene rings is 2. The zero-order valence-corrected chi connectivity index (χ0v) is 19.5. The highest BCUT2D eigenvalue weighted by Gasteiger charge is 2.44. The number of nitrogens with one attached hydrogen (secondary N) is 2. The van der Waals surface area contributed by atoms with Crippen LogP contribution in [0.3, 0.4) is 0 Å². The summed E-state index contributed by atoms with van der Waals surface area (Å²) in [5.41, 5.74) is -1.72. The molecule has 168 valence electrons. The monoisotopic (exact) mass is 547 g/mol. The second kappa shape index (κ2) is 9.74. The lowest BCUT2D eigenvalue weighted by Gasteiger charge is -2.47. The van der Waals surface area contributed by atoms with Crippen molar-refractivity contribution in [2.75, 3.05) is 25.0 Å². The van der Waals surface area contributed by atoms with Crippen molar-refractivity contribution in [1.82, 2.24) is 10.2 Å². The summed E-state index contributed by atoms with van der Waals surface area (Å²) in [6, 6.07) is 6.53. The van der Waals surface area contributed by atoms with Gasteiger partial charge in [-0.05, 0) is 65.8 Å². The molecule has 0 aliphatic carbocycles. The molecule has 1 aliphatic rings. The van der Waals surface area contributed by atoms with Gasteiger partial charge in [0.05, 0.1) is 30.0 Å². The second-order valence-corrected chi connectivity index (χ2v) is 9.06. The molecule has 1 saturated heterocycles. The number of carbonyl (C=O) groups is 1. The zero-order valence-electron chi connectivity index (χ0n) is 17.3. The lowest BCUT2D eigenvalue weighted by Crippen LogP contribution is -2.67. The van der Waals surface area contributed by atoms with Crippen molar-refractivity contribution in [3.63, 3.8) is 0 Å². The van der Waals surface area contributed by atoms with E-state index in [9.17, 15) is 23.1 Å². The Balaban J connectivity index is 1.77. The van der Waals surface area contributed by atoms with Gasteiger partial charge in [-0.15, -0.1) is 0 Å². The number of hydrogen-bond acceptors (Lipinski definition) is 4. The molecule has 0 saturated carbocycles. The number of β-amino-alcohol motifs (C(OH)–C–C–N with tert-alkyl or cyclic N) is 1. The number of carbonyl (C=O) groups excluding carboxylic acids is 1. The first-order valence-corrected chi connectivity index (χ1v) is 11.2. The van der Waals surface area contributed by atoms with Gasteiger partial charge in [0.25, 0.3) is 5.91 Å². The molecule has 0 aromatic heterocycles. The average Bonchev–Trinajstić information content (AvgIpc) is 2.71. The first-order chi connectivity index (χ1) is 14.7. The van der Waals surface area contributed by atoms with E-state index < -0.39 is 34.6 Å². The molecule has 0 bridgehead atoms. The van der Waals surface area contributed by atoms with E-state index in [0.717, 1.165) is 25.0 Å². The summed E-state index contributed by atoms with van der Waals surface area (Å²) in [5, 5.41) is 16.4. The van der Waals surface area contributed by atoms with E-state index in [2.05, 4.69) is 24.5 Å². The van der Waals surface area contributed by atoms with Gasteiger partial charge >= 0.3 is 0 Å². The number of nitrogens with zero attached hydrogens (tertiary/aromatic N) is 1. The molecule has 2 aromatic rings. The molecule has 9 heteroatoms. The summed E-state index contributed by atoms with van der Waals surface area (Å²) in [6.07, 6.45) is 1.85. The van der Waals surface area contributed by atoms with E-state index in [1.807, 2.05) is 22.6 Å². The minimum absolute atomic E-state index is 0.0648. The van der Waals surface area contributed by atoms with Crippen molar-refractivity contribution in [3.8, 4) is 0 Å². The molecule has 1 amide bonds. The Hall–Kier alpha value is -1.85. The summed E-state index contributed by atoms with van der Waals surface area (Å²) < 4.78 is 43.3. The Bertz CT molecular complexity index is 963. The molecule has 3 N–H and O–H groups in total. The molecule has 0 spiro atoms. The molecule has 3 rings (SSSR count). The van der Waals surface area contributed by atoms with Gasteiger partial charge < -0.3 is 20.6 Å². The molecule has 0 atom stereocenters. The van der Waals surface area contributed by atoms with Crippen molar-refractivity contribution in [3.05, 3.63) is 56.9 Å². The summed E-state index contributed by atoms with van der Waals surface area (Å²) in [7, 11) is 0. The average molecular weight is 547 g/mol. The maximum Gasteiger partial charge on any atom is 0.256 e. The molecule has 1 aliphatic heterocycles. The first kappa shape index (κ1) is 23.8. The highest BCUT2D eigenvalue weighted by atomic mass is 127. The van der Waals surface area contributed by atoms with Crippen LogP contribution in [-0.4, -0.2) is 47.2 Å². The first-order valence-electron chi connectivity index (χ1n) is 10.1. The largest absolute Gasteiger partial charge is 0.385 e. The highest BCUT2D eigenvalue weighted by Crippen LogP contribution is 2.31. The van der Waals surface area contributed by atoms with Gasteiger partial charge in [0.2, 0.25) is 0 Å². The van der Waals surface area contributed by atoms with Crippen molar-refractivity contribution in [2.45, 2.75) is 38.3 Å². The van der Waals surface area contributed by atoms with E-state index >= 15 is 0 Å². The smallest absolute Gasteiger partial charge is 0.256 e. The van der Waals surface area contributed by atoms with Crippen LogP contribution in [0.25, 0.3) is 0 Å². The maximum atomic E-state index is 14.6. The number of halogens is 4. The van der Waals surface area contributed by atoms with Gasteiger partial charge in [-0.1, -0.05) is 13.8 Å². The lowest BCUT2D eigenvalue weighted by molar-refractivity contribution is -0.0798. The summed E-state index contributed by atoms with van der Waals surface area (Å²) in [4.78, 5) is 14.3. The maximum absolute atomic E-state index is 14.6. The van der Waals surface area contributed by atoms with Gasteiger partial charge in [0, 0.05) is 16.2 Å². The van der Waals surface area contributed by atoms with Crippen LogP contribution in [-0.2, 0) is 0 Å². The number of aliphatic hydroxyl groups is 1. The van der Waals surface area contributed by atoms with Crippen LogP contribution in [0.2, 0.25) is 0 Å². The van der Waals surface area contributed by atoms with Crippen molar-refractivity contribution >= 4 is 39.9 Å². The number of anilines is 2. The fraction of sp³-hybridized carbons (Fsp3) is 0.409. The van der Waals surface area contributed by atoms with E-state index in [1.165, 1.54) is 17.0 Å². The predicted octanol–water partition coefficient (Wildman–Crippen LogP) is 4.42. The van der Waals surface area contributed by atoms with E-state index in [1.54, 1.807) is 6.07 Å². The summed E-state index contributed by atoms with van der Waals surface area (Å²) in [6.45, 7) is 4.57. The van der Waals surface area contributed by atoms with Crippen LogP contribution >= 0.6 is 22.6 Å². The van der Waals surface area contributed by atoms with Crippen LogP contribution in [0, 0.1) is 21.0 Å². The number of amides is 1. The van der Waals surface area contributed by atoms with Crippen molar-refractivity contribution in [1.29, 1.82) is 0 Å². The minimum atomic E-state index is -1.27. The van der Waals surface area contributed by atoms with Crippen LogP contribution < -0.4 is 10.6 Å². The molecular formula is C22H25F3IN3O2. The Morgan fingerprint density at radius 3 is 2.45 bits per heavy atom. The van der Waals surface area contributed by atoms with Crippen LogP contribution in [0.1, 0.15) is 37.0 Å². The third-order valence-corrected chi connectivity index (χ3v) is 6.15. The van der Waals surface area contributed by atoms with E-state index in [4.69, 9.17) is 0 Å². The van der Waals surface area contributed by atoms with Crippen LogP contribution in [0.4, 0.5) is 24.5 Å². The Morgan fingerprint density at radius 2 is 1.84 bits per heavy atom. The molecule has 2 aromatic carbocycles. The van der Waals surface area contributed by atoms with Crippen molar-refractivity contribution < 1.29 is 23.1 Å². The third-order valence-electron chi connectivity index (χ3n) is 5.48. The van der Waals surface area contributed by atoms with E-state index in [0.29, 0.717) is 10.1 Å². The Morgan fingerprint density at radius 1 is 1.16 bits per heavy atom. The summed E-state index contributed by atoms with van der Waals surface area (Å²) >= 11 is 1.93. The van der Waals surface area contributed by atoms with E-state index in [-0.39, 0.29) is 30.4 Å². The molecule has 1 heterocycles. The zero-order chi connectivity index (χ0) is 22.8. The third kappa shape index (κ3) is 5.32. The van der Waals surface area contributed by atoms with Gasteiger partial charge in [-0.3, -0.25) is 4.79 Å².